The maximum atomic E-state index is 8.94. The predicted molar refractivity (Wildman–Crippen MR) is 39.9 cm³/mol. The Morgan fingerprint density at radius 1 is 1.50 bits per heavy atom. The van der Waals surface area contributed by atoms with Crippen molar-refractivity contribution in [1.82, 2.24) is 0 Å². The number of phenols is 1. The van der Waals surface area contributed by atoms with Crippen molar-refractivity contribution in [2.45, 2.75) is 0 Å². The second-order valence-corrected chi connectivity index (χ2v) is 1.87. The van der Waals surface area contributed by atoms with Crippen LogP contribution in [0.5, 0.6) is 5.75 Å². The molecule has 1 rings (SSSR count). The molecule has 0 heterocycles. The monoisotopic (exact) mass is 136 g/mol. The summed E-state index contributed by atoms with van der Waals surface area (Å²) in [7, 11) is 0. The summed E-state index contributed by atoms with van der Waals surface area (Å²) >= 11 is 0. The van der Waals surface area contributed by atoms with Crippen molar-refractivity contribution >= 4 is 6.21 Å². The van der Waals surface area contributed by atoms with Crippen LogP contribution in [0.2, 0.25) is 0 Å². The van der Waals surface area contributed by atoms with Crippen molar-refractivity contribution in [3.8, 4) is 5.75 Å². The van der Waals surface area contributed by atoms with Crippen LogP contribution in [0.3, 0.4) is 0 Å². The number of benzene rings is 1. The molecule has 3 heteroatoms. The van der Waals surface area contributed by atoms with Crippen molar-refractivity contribution in [3.05, 3.63) is 29.8 Å². The Morgan fingerprint density at radius 2 is 2.30 bits per heavy atom. The fraction of sp³-hybridized carbons (Fsp3) is 0. The summed E-state index contributed by atoms with van der Waals surface area (Å²) in [5.74, 6) is 5.12. The Hall–Kier alpha value is -1.51. The predicted octanol–water partition coefficient (Wildman–Crippen LogP) is 0.685. The number of rotatable bonds is 1. The van der Waals surface area contributed by atoms with Crippen LogP contribution < -0.4 is 5.84 Å². The average Bonchev–Trinajstić information content (AvgIpc) is 1.88. The Kier molecular flexibility index (Phi) is 1.89. The zero-order valence-electron chi connectivity index (χ0n) is 5.36. The van der Waals surface area contributed by atoms with Gasteiger partial charge in [0.1, 0.15) is 5.75 Å². The van der Waals surface area contributed by atoms with Gasteiger partial charge in [-0.2, -0.15) is 5.10 Å². The minimum atomic E-state index is 0.220. The lowest BCUT2D eigenvalue weighted by Crippen LogP contribution is -1.84. The van der Waals surface area contributed by atoms with E-state index in [1.165, 1.54) is 6.21 Å². The van der Waals surface area contributed by atoms with Crippen LogP contribution in [0.25, 0.3) is 0 Å². The smallest absolute Gasteiger partial charge is 0.116 e. The van der Waals surface area contributed by atoms with Crippen LogP contribution in [0.4, 0.5) is 0 Å². The van der Waals surface area contributed by atoms with Crippen molar-refractivity contribution in [1.29, 1.82) is 0 Å². The summed E-state index contributed by atoms with van der Waals surface area (Å²) in [5.41, 5.74) is 0.794. The van der Waals surface area contributed by atoms with Crippen molar-refractivity contribution in [2.75, 3.05) is 0 Å². The molecule has 3 N–H and O–H groups in total. The van der Waals surface area contributed by atoms with E-state index in [0.29, 0.717) is 0 Å². The first-order chi connectivity index (χ1) is 4.83. The molecule has 0 atom stereocenters. The van der Waals surface area contributed by atoms with Gasteiger partial charge < -0.3 is 10.9 Å². The molecule has 0 fully saturated rings. The molecule has 3 nitrogen and oxygen atoms in total. The average molecular weight is 136 g/mol. The minimum Gasteiger partial charge on any atom is -0.508 e. The van der Waals surface area contributed by atoms with Gasteiger partial charge in [-0.25, -0.2) is 0 Å². The van der Waals surface area contributed by atoms with Gasteiger partial charge in [0, 0.05) is 0 Å². The Bertz CT molecular complexity index is 245. The molecule has 0 aliphatic heterocycles. The Labute approximate surface area is 58.8 Å². The number of nitrogens with two attached hydrogens (primary N) is 1. The molecule has 1 aromatic carbocycles. The third-order valence-electron chi connectivity index (χ3n) is 1.09. The number of hydrogen-bond acceptors (Lipinski definition) is 3. The fourth-order valence-electron chi connectivity index (χ4n) is 0.691. The van der Waals surface area contributed by atoms with Gasteiger partial charge in [0.2, 0.25) is 0 Å². The summed E-state index contributed by atoms with van der Waals surface area (Å²) in [4.78, 5) is 0. The molecular formula is C7H8N2O. The zero-order chi connectivity index (χ0) is 7.40. The lowest BCUT2D eigenvalue weighted by Gasteiger charge is -1.91. The third-order valence-corrected chi connectivity index (χ3v) is 1.09. The number of hydrazone groups is 1. The molecule has 0 bridgehead atoms. The van der Waals surface area contributed by atoms with E-state index in [2.05, 4.69) is 5.10 Å². The highest BCUT2D eigenvalue weighted by molar-refractivity contribution is 5.79. The molecule has 0 spiro atoms. The summed E-state index contributed by atoms with van der Waals surface area (Å²) in [5, 5.41) is 12.2. The second-order valence-electron chi connectivity index (χ2n) is 1.87. The molecule has 0 radical (unpaired) electrons. The number of hydrogen-bond donors (Lipinski definition) is 2. The zero-order valence-corrected chi connectivity index (χ0v) is 5.36. The Morgan fingerprint density at radius 3 is 2.90 bits per heavy atom. The third kappa shape index (κ3) is 1.48. The summed E-state index contributed by atoms with van der Waals surface area (Å²) < 4.78 is 0. The molecule has 0 saturated heterocycles. The van der Waals surface area contributed by atoms with Gasteiger partial charge in [0.05, 0.1) is 6.21 Å². The largest absolute Gasteiger partial charge is 0.508 e. The number of phenolic OH excluding ortho intramolecular Hbond substituents is 1. The van der Waals surface area contributed by atoms with E-state index in [1.807, 2.05) is 0 Å². The molecule has 0 aliphatic carbocycles. The van der Waals surface area contributed by atoms with Gasteiger partial charge in [-0.3, -0.25) is 0 Å². The first kappa shape index (κ1) is 6.61. The highest BCUT2D eigenvalue weighted by Gasteiger charge is 1.87. The molecule has 52 valence electrons. The molecule has 0 amide bonds. The maximum Gasteiger partial charge on any atom is 0.116 e. The van der Waals surface area contributed by atoms with Crippen LogP contribution >= 0.6 is 0 Å². The van der Waals surface area contributed by atoms with Gasteiger partial charge in [0.15, 0.2) is 0 Å². The summed E-state index contributed by atoms with van der Waals surface area (Å²) in [6, 6.07) is 6.70. The van der Waals surface area contributed by atoms with Crippen molar-refractivity contribution < 1.29 is 5.11 Å². The molecule has 0 aliphatic rings. The molecule has 1 aromatic rings. The number of nitrogens with zero attached hydrogens (tertiary/aromatic N) is 1. The van der Waals surface area contributed by atoms with E-state index in [-0.39, 0.29) is 5.75 Å². The van der Waals surface area contributed by atoms with Gasteiger partial charge in [-0.05, 0) is 17.7 Å². The van der Waals surface area contributed by atoms with E-state index in [9.17, 15) is 0 Å². The minimum absolute atomic E-state index is 0.220. The van der Waals surface area contributed by atoms with Crippen LogP contribution in [-0.2, 0) is 0 Å². The fourth-order valence-corrected chi connectivity index (χ4v) is 0.691. The van der Waals surface area contributed by atoms with Gasteiger partial charge in [0.25, 0.3) is 0 Å². The maximum absolute atomic E-state index is 8.94. The normalized spacial score (nSPS) is 10.4. The topological polar surface area (TPSA) is 58.6 Å². The molecular weight excluding hydrogens is 128 g/mol. The SMILES string of the molecule is N/N=C/c1cccc(O)c1. The van der Waals surface area contributed by atoms with Crippen LogP contribution in [0, 0.1) is 0 Å². The lowest BCUT2D eigenvalue weighted by molar-refractivity contribution is 0.475. The second kappa shape index (κ2) is 2.87. The van der Waals surface area contributed by atoms with E-state index in [4.69, 9.17) is 10.9 Å². The standard InChI is InChI=1S/C7H8N2O/c8-9-5-6-2-1-3-7(10)4-6/h1-5,10H,8H2/b9-5+. The van der Waals surface area contributed by atoms with E-state index in [1.54, 1.807) is 24.3 Å². The molecule has 0 saturated carbocycles. The summed E-state index contributed by atoms with van der Waals surface area (Å²) in [6.45, 7) is 0. The van der Waals surface area contributed by atoms with E-state index >= 15 is 0 Å². The first-order valence-corrected chi connectivity index (χ1v) is 2.85. The molecule has 0 aromatic heterocycles. The van der Waals surface area contributed by atoms with Gasteiger partial charge in [-0.1, -0.05) is 12.1 Å². The Balaban J connectivity index is 2.95. The van der Waals surface area contributed by atoms with Crippen molar-refractivity contribution in [2.24, 2.45) is 10.9 Å². The van der Waals surface area contributed by atoms with Crippen LogP contribution in [-0.4, -0.2) is 11.3 Å². The lowest BCUT2D eigenvalue weighted by atomic mass is 10.2. The van der Waals surface area contributed by atoms with Crippen LogP contribution in [0.15, 0.2) is 29.4 Å². The van der Waals surface area contributed by atoms with Crippen molar-refractivity contribution in [3.63, 3.8) is 0 Å². The highest BCUT2D eigenvalue weighted by atomic mass is 16.3. The quantitative estimate of drug-likeness (QED) is 0.339. The number of aromatic hydroxyl groups is 1. The molecule has 10 heavy (non-hydrogen) atoms. The summed E-state index contributed by atoms with van der Waals surface area (Å²) in [6.07, 6.45) is 1.47. The first-order valence-electron chi connectivity index (χ1n) is 2.85. The van der Waals surface area contributed by atoms with E-state index in [0.717, 1.165) is 5.56 Å². The van der Waals surface area contributed by atoms with E-state index < -0.39 is 0 Å². The highest BCUT2D eigenvalue weighted by Crippen LogP contribution is 2.08. The molecule has 0 unspecified atom stereocenters. The van der Waals surface area contributed by atoms with Gasteiger partial charge in [-0.15, -0.1) is 0 Å². The van der Waals surface area contributed by atoms with Gasteiger partial charge >= 0.3 is 0 Å². The van der Waals surface area contributed by atoms with Crippen LogP contribution in [0.1, 0.15) is 5.56 Å².